The van der Waals surface area contributed by atoms with Gasteiger partial charge in [0.1, 0.15) is 0 Å². The van der Waals surface area contributed by atoms with Gasteiger partial charge in [0.25, 0.3) is 0 Å². The molecule has 3 heteroatoms. The van der Waals surface area contributed by atoms with Crippen molar-refractivity contribution in [3.63, 3.8) is 0 Å². The Labute approximate surface area is 107 Å². The Morgan fingerprint density at radius 2 is 1.93 bits per heavy atom. The zero-order valence-corrected chi connectivity index (χ0v) is 11.1. The van der Waals surface area contributed by atoms with Crippen molar-refractivity contribution in [2.75, 3.05) is 0 Å². The van der Waals surface area contributed by atoms with Gasteiger partial charge in [-0.3, -0.25) is 0 Å². The normalized spacial score (nSPS) is 10.5. The molecule has 0 saturated heterocycles. The van der Waals surface area contributed by atoms with Crippen molar-refractivity contribution in [3.05, 3.63) is 35.4 Å². The van der Waals surface area contributed by atoms with Crippen LogP contribution >= 0.6 is 0 Å². The van der Waals surface area contributed by atoms with E-state index in [0.29, 0.717) is 0 Å². The maximum absolute atomic E-state index is 10.8. The first-order chi connectivity index (χ1) is 5.94. The first-order valence-corrected chi connectivity index (χ1v) is 4.23. The van der Waals surface area contributed by atoms with Crippen LogP contribution < -0.4 is 34.7 Å². The average molecular weight is 200 g/mol. The first-order valence-electron chi connectivity index (χ1n) is 4.23. The fourth-order valence-corrected chi connectivity index (χ4v) is 1.15. The standard InChI is InChI=1S/C11H14O2.Na/c1-8-5-4-6-9(7-8)11(2,3)10(12)13;/h4-7H,1-3H3,(H,12,13);/q;+1/p-1. The van der Waals surface area contributed by atoms with E-state index in [9.17, 15) is 9.90 Å². The van der Waals surface area contributed by atoms with Crippen LogP contribution in [0.3, 0.4) is 0 Å². The number of carboxylic acid groups (broad SMARTS) is 1. The second kappa shape index (κ2) is 4.96. The Kier molecular flexibility index (Phi) is 4.85. The summed E-state index contributed by atoms with van der Waals surface area (Å²) in [5, 5.41) is 10.8. The van der Waals surface area contributed by atoms with E-state index in [-0.39, 0.29) is 29.6 Å². The predicted octanol–water partition coefficient (Wildman–Crippen LogP) is -1.97. The summed E-state index contributed by atoms with van der Waals surface area (Å²) in [5.41, 5.74) is 0.936. The molecule has 0 aliphatic rings. The van der Waals surface area contributed by atoms with E-state index in [2.05, 4.69) is 0 Å². The van der Waals surface area contributed by atoms with E-state index >= 15 is 0 Å². The second-order valence-corrected chi connectivity index (χ2v) is 3.78. The Bertz CT molecular complexity index is 332. The van der Waals surface area contributed by atoms with Crippen LogP contribution in [0.5, 0.6) is 0 Å². The molecule has 0 atom stereocenters. The van der Waals surface area contributed by atoms with Gasteiger partial charge < -0.3 is 9.90 Å². The van der Waals surface area contributed by atoms with Gasteiger partial charge in [-0.25, -0.2) is 0 Å². The van der Waals surface area contributed by atoms with Crippen LogP contribution in [0.2, 0.25) is 0 Å². The molecule has 0 bridgehead atoms. The third-order valence-corrected chi connectivity index (χ3v) is 2.25. The Morgan fingerprint density at radius 1 is 1.36 bits per heavy atom. The summed E-state index contributed by atoms with van der Waals surface area (Å²) in [6, 6.07) is 7.48. The fourth-order valence-electron chi connectivity index (χ4n) is 1.15. The number of aliphatic carboxylic acids is 1. The summed E-state index contributed by atoms with van der Waals surface area (Å²) in [5.74, 6) is -1.04. The Balaban J connectivity index is 0.00000169. The predicted molar refractivity (Wildman–Crippen MR) is 49.2 cm³/mol. The molecule has 2 nitrogen and oxygen atoms in total. The SMILES string of the molecule is Cc1cccc(C(C)(C)C(=O)[O-])c1.[Na+]. The van der Waals surface area contributed by atoms with Crippen molar-refractivity contribution in [2.45, 2.75) is 26.2 Å². The number of hydrogen-bond donors (Lipinski definition) is 0. The van der Waals surface area contributed by atoms with Crippen molar-refractivity contribution < 1.29 is 39.5 Å². The van der Waals surface area contributed by atoms with Crippen LogP contribution in [0.4, 0.5) is 0 Å². The number of hydrogen-bond acceptors (Lipinski definition) is 2. The molecular formula is C11H13NaO2. The van der Waals surface area contributed by atoms with Crippen molar-refractivity contribution in [3.8, 4) is 0 Å². The average Bonchev–Trinajstić information content (AvgIpc) is 2.04. The fraction of sp³-hybridized carbons (Fsp3) is 0.364. The summed E-state index contributed by atoms with van der Waals surface area (Å²) in [6.07, 6.45) is 0. The maximum Gasteiger partial charge on any atom is 1.00 e. The monoisotopic (exact) mass is 200 g/mol. The number of rotatable bonds is 2. The van der Waals surface area contributed by atoms with Crippen LogP contribution in [0.25, 0.3) is 0 Å². The van der Waals surface area contributed by atoms with Crippen LogP contribution in [0.1, 0.15) is 25.0 Å². The minimum Gasteiger partial charge on any atom is -0.549 e. The van der Waals surface area contributed by atoms with Gasteiger partial charge in [0, 0.05) is 5.41 Å². The van der Waals surface area contributed by atoms with Gasteiger partial charge in [-0.1, -0.05) is 43.7 Å². The van der Waals surface area contributed by atoms with Gasteiger partial charge in [-0.05, 0) is 12.5 Å². The zero-order chi connectivity index (χ0) is 10.1. The molecule has 0 heterocycles. The number of aryl methyl sites for hydroxylation is 1. The van der Waals surface area contributed by atoms with E-state index in [1.165, 1.54) is 0 Å². The summed E-state index contributed by atoms with van der Waals surface area (Å²) in [7, 11) is 0. The molecule has 1 aromatic carbocycles. The summed E-state index contributed by atoms with van der Waals surface area (Å²) in [4.78, 5) is 10.8. The molecule has 0 spiro atoms. The van der Waals surface area contributed by atoms with Crippen molar-refractivity contribution in [2.24, 2.45) is 0 Å². The molecule has 0 aliphatic carbocycles. The summed E-state index contributed by atoms with van der Waals surface area (Å²) >= 11 is 0. The van der Waals surface area contributed by atoms with E-state index in [0.717, 1.165) is 11.1 Å². The molecule has 0 N–H and O–H groups in total. The molecule has 0 aliphatic heterocycles. The van der Waals surface area contributed by atoms with Gasteiger partial charge in [0.2, 0.25) is 0 Å². The topological polar surface area (TPSA) is 40.1 Å². The van der Waals surface area contributed by atoms with E-state index in [1.54, 1.807) is 13.8 Å². The number of benzene rings is 1. The van der Waals surface area contributed by atoms with E-state index in [4.69, 9.17) is 0 Å². The molecule has 0 aromatic heterocycles. The molecule has 0 amide bonds. The van der Waals surface area contributed by atoms with Crippen LogP contribution in [0.15, 0.2) is 24.3 Å². The number of carboxylic acids is 1. The molecule has 0 fully saturated rings. The minimum atomic E-state index is -1.04. The van der Waals surface area contributed by atoms with E-state index in [1.807, 2.05) is 31.2 Å². The molecule has 14 heavy (non-hydrogen) atoms. The zero-order valence-electron chi connectivity index (χ0n) is 9.13. The molecule has 0 unspecified atom stereocenters. The first kappa shape index (κ1) is 13.7. The molecule has 0 radical (unpaired) electrons. The van der Waals surface area contributed by atoms with Crippen LogP contribution in [-0.4, -0.2) is 5.97 Å². The second-order valence-electron chi connectivity index (χ2n) is 3.78. The minimum absolute atomic E-state index is 0. The third-order valence-electron chi connectivity index (χ3n) is 2.25. The van der Waals surface area contributed by atoms with Crippen molar-refractivity contribution >= 4 is 5.97 Å². The van der Waals surface area contributed by atoms with Gasteiger partial charge in [-0.2, -0.15) is 0 Å². The summed E-state index contributed by atoms with van der Waals surface area (Å²) in [6.45, 7) is 5.24. The maximum atomic E-state index is 10.8. The molecule has 1 rings (SSSR count). The smallest absolute Gasteiger partial charge is 0.549 e. The number of carbonyl (C=O) groups is 1. The quantitative estimate of drug-likeness (QED) is 0.519. The molecule has 70 valence electrons. The van der Waals surface area contributed by atoms with Gasteiger partial charge >= 0.3 is 29.6 Å². The number of carbonyl (C=O) groups excluding carboxylic acids is 1. The largest absolute Gasteiger partial charge is 1.00 e. The Morgan fingerprint density at radius 3 is 2.36 bits per heavy atom. The molecular weight excluding hydrogens is 187 g/mol. The van der Waals surface area contributed by atoms with E-state index < -0.39 is 11.4 Å². The van der Waals surface area contributed by atoms with Gasteiger partial charge in [0.05, 0.1) is 5.97 Å². The molecule has 1 aromatic rings. The van der Waals surface area contributed by atoms with Crippen LogP contribution in [0, 0.1) is 6.92 Å². The third kappa shape index (κ3) is 2.84. The van der Waals surface area contributed by atoms with Crippen molar-refractivity contribution in [1.82, 2.24) is 0 Å². The van der Waals surface area contributed by atoms with Crippen LogP contribution in [-0.2, 0) is 10.2 Å². The van der Waals surface area contributed by atoms with Crippen molar-refractivity contribution in [1.29, 1.82) is 0 Å². The Hall–Kier alpha value is -0.310. The summed E-state index contributed by atoms with van der Waals surface area (Å²) < 4.78 is 0. The van der Waals surface area contributed by atoms with Gasteiger partial charge in [-0.15, -0.1) is 0 Å². The van der Waals surface area contributed by atoms with Gasteiger partial charge in [0.15, 0.2) is 0 Å². The molecule has 0 saturated carbocycles.